The van der Waals surface area contributed by atoms with Gasteiger partial charge in [0.15, 0.2) is 0 Å². The zero-order chi connectivity index (χ0) is 14.6. The van der Waals surface area contributed by atoms with Crippen LogP contribution >= 0.6 is 11.6 Å². The Kier molecular flexibility index (Phi) is 5.02. The monoisotopic (exact) mass is 297 g/mol. The average molecular weight is 298 g/mol. The highest BCUT2D eigenvalue weighted by molar-refractivity contribution is 6.32. The van der Waals surface area contributed by atoms with Crippen molar-refractivity contribution in [2.24, 2.45) is 0 Å². The van der Waals surface area contributed by atoms with E-state index in [2.05, 4.69) is 4.74 Å². The van der Waals surface area contributed by atoms with Gasteiger partial charge in [0.1, 0.15) is 11.8 Å². The molecule has 0 amide bonds. The summed E-state index contributed by atoms with van der Waals surface area (Å²) in [6.07, 6.45) is -4.47. The summed E-state index contributed by atoms with van der Waals surface area (Å²) in [5.41, 5.74) is 0.166. The first kappa shape index (κ1) is 15.6. The Bertz CT molecular complexity index is 465. The van der Waals surface area contributed by atoms with Gasteiger partial charge in [0.05, 0.1) is 18.7 Å². The van der Waals surface area contributed by atoms with Gasteiger partial charge in [-0.05, 0) is 17.7 Å². The Morgan fingerprint density at radius 2 is 2.16 bits per heavy atom. The van der Waals surface area contributed by atoms with Crippen LogP contribution in [0.15, 0.2) is 18.2 Å². The zero-order valence-electron chi connectivity index (χ0n) is 9.79. The number of methoxy groups -OCH3 is 1. The number of halogens is 4. The SMILES string of the molecule is COC(=O)C(NCC(F)(F)F)c1ccc(O)c(Cl)c1. The summed E-state index contributed by atoms with van der Waals surface area (Å²) in [5, 5.41) is 11.2. The standard InChI is InChI=1S/C11H11ClF3NO3/c1-19-10(18)9(16-5-11(13,14)15)6-2-3-8(17)7(12)4-6/h2-4,9,16-17H,5H2,1H3. The van der Waals surface area contributed by atoms with Crippen molar-refractivity contribution in [2.75, 3.05) is 13.7 Å². The van der Waals surface area contributed by atoms with Crippen LogP contribution in [0.25, 0.3) is 0 Å². The third-order valence-electron chi connectivity index (χ3n) is 2.25. The Balaban J connectivity index is 2.96. The molecule has 0 aliphatic carbocycles. The molecule has 0 bridgehead atoms. The first-order chi connectivity index (χ1) is 8.74. The molecule has 0 saturated carbocycles. The number of phenols is 1. The number of hydrogen-bond donors (Lipinski definition) is 2. The third-order valence-corrected chi connectivity index (χ3v) is 2.55. The van der Waals surface area contributed by atoms with Gasteiger partial charge in [-0.2, -0.15) is 13.2 Å². The van der Waals surface area contributed by atoms with E-state index in [9.17, 15) is 23.1 Å². The predicted octanol–water partition coefficient (Wildman–Crippen LogP) is 2.41. The average Bonchev–Trinajstić information content (AvgIpc) is 2.32. The number of carbonyl (C=O) groups excluding carboxylic acids is 1. The molecule has 2 N–H and O–H groups in total. The topological polar surface area (TPSA) is 58.6 Å². The molecule has 0 heterocycles. The van der Waals surface area contributed by atoms with Crippen LogP contribution in [-0.2, 0) is 9.53 Å². The summed E-state index contributed by atoms with van der Waals surface area (Å²) >= 11 is 5.64. The van der Waals surface area contributed by atoms with Gasteiger partial charge in [0.2, 0.25) is 0 Å². The lowest BCUT2D eigenvalue weighted by molar-refractivity contribution is -0.146. The Morgan fingerprint density at radius 1 is 1.53 bits per heavy atom. The van der Waals surface area contributed by atoms with Gasteiger partial charge in [-0.3, -0.25) is 5.32 Å². The lowest BCUT2D eigenvalue weighted by Crippen LogP contribution is -2.36. The van der Waals surface area contributed by atoms with Gasteiger partial charge >= 0.3 is 12.1 Å². The molecule has 0 aromatic heterocycles. The lowest BCUT2D eigenvalue weighted by atomic mass is 10.1. The maximum Gasteiger partial charge on any atom is 0.401 e. The number of ether oxygens (including phenoxy) is 1. The summed E-state index contributed by atoms with van der Waals surface area (Å²) in [6, 6.07) is 2.35. The Morgan fingerprint density at radius 3 is 2.63 bits per heavy atom. The number of hydrogen-bond acceptors (Lipinski definition) is 4. The van der Waals surface area contributed by atoms with E-state index in [4.69, 9.17) is 11.6 Å². The number of rotatable bonds is 4. The Labute approximate surface area is 112 Å². The van der Waals surface area contributed by atoms with Crippen LogP contribution in [0.3, 0.4) is 0 Å². The zero-order valence-corrected chi connectivity index (χ0v) is 10.5. The highest BCUT2D eigenvalue weighted by Crippen LogP contribution is 2.27. The number of benzene rings is 1. The minimum absolute atomic E-state index is 0.0692. The first-order valence-corrected chi connectivity index (χ1v) is 5.49. The number of esters is 1. The third kappa shape index (κ3) is 4.60. The Hall–Kier alpha value is -1.47. The molecule has 0 aliphatic rings. The second kappa shape index (κ2) is 6.12. The summed E-state index contributed by atoms with van der Waals surface area (Å²) in [5.74, 6) is -1.11. The smallest absolute Gasteiger partial charge is 0.401 e. The maximum atomic E-state index is 12.2. The summed E-state index contributed by atoms with van der Waals surface area (Å²) in [6.45, 7) is -1.36. The van der Waals surface area contributed by atoms with E-state index in [1.165, 1.54) is 18.2 Å². The summed E-state index contributed by atoms with van der Waals surface area (Å²) < 4.78 is 40.9. The van der Waals surface area contributed by atoms with Crippen LogP contribution in [0.5, 0.6) is 5.75 Å². The van der Waals surface area contributed by atoms with Crippen LogP contribution in [0.1, 0.15) is 11.6 Å². The fourth-order valence-electron chi connectivity index (χ4n) is 1.38. The molecule has 8 heteroatoms. The van der Waals surface area contributed by atoms with E-state index in [1.54, 1.807) is 0 Å². The molecule has 19 heavy (non-hydrogen) atoms. The van der Waals surface area contributed by atoms with Crippen LogP contribution in [0, 0.1) is 0 Å². The van der Waals surface area contributed by atoms with E-state index in [0.717, 1.165) is 7.11 Å². The van der Waals surface area contributed by atoms with E-state index in [0.29, 0.717) is 0 Å². The number of phenolic OH excluding ortho intramolecular Hbond substituents is 1. The predicted molar refractivity (Wildman–Crippen MR) is 61.9 cm³/mol. The van der Waals surface area contributed by atoms with Gasteiger partial charge in [0.25, 0.3) is 0 Å². The van der Waals surface area contributed by atoms with E-state index >= 15 is 0 Å². The summed E-state index contributed by atoms with van der Waals surface area (Å²) in [4.78, 5) is 11.5. The minimum atomic E-state index is -4.47. The van der Waals surface area contributed by atoms with Gasteiger partial charge in [-0.1, -0.05) is 17.7 Å². The van der Waals surface area contributed by atoms with Crippen LogP contribution < -0.4 is 5.32 Å². The van der Waals surface area contributed by atoms with Crippen molar-refractivity contribution in [2.45, 2.75) is 12.2 Å². The fraction of sp³-hybridized carbons (Fsp3) is 0.364. The molecule has 1 atom stereocenters. The van der Waals surface area contributed by atoms with E-state index in [1.807, 2.05) is 5.32 Å². The number of aromatic hydroxyl groups is 1. The van der Waals surface area contributed by atoms with Crippen molar-refractivity contribution in [3.05, 3.63) is 28.8 Å². The highest BCUT2D eigenvalue weighted by atomic mass is 35.5. The van der Waals surface area contributed by atoms with E-state index < -0.39 is 24.7 Å². The van der Waals surface area contributed by atoms with Crippen LogP contribution in [0.4, 0.5) is 13.2 Å². The number of nitrogens with one attached hydrogen (secondary N) is 1. The maximum absolute atomic E-state index is 12.2. The van der Waals surface area contributed by atoms with Crippen molar-refractivity contribution >= 4 is 17.6 Å². The quantitative estimate of drug-likeness (QED) is 0.838. The molecule has 1 aromatic carbocycles. The van der Waals surface area contributed by atoms with Crippen molar-refractivity contribution in [3.8, 4) is 5.75 Å². The normalized spacial score (nSPS) is 13.1. The molecule has 106 valence electrons. The largest absolute Gasteiger partial charge is 0.506 e. The molecule has 1 rings (SSSR count). The van der Waals surface area contributed by atoms with Gasteiger partial charge in [0, 0.05) is 0 Å². The van der Waals surface area contributed by atoms with Crippen LogP contribution in [-0.4, -0.2) is 30.9 Å². The summed E-state index contributed by atoms with van der Waals surface area (Å²) in [7, 11) is 1.06. The van der Waals surface area contributed by atoms with Crippen molar-refractivity contribution in [1.29, 1.82) is 0 Å². The minimum Gasteiger partial charge on any atom is -0.506 e. The highest BCUT2D eigenvalue weighted by Gasteiger charge is 2.31. The van der Waals surface area contributed by atoms with Crippen molar-refractivity contribution in [1.82, 2.24) is 5.32 Å². The lowest BCUT2D eigenvalue weighted by Gasteiger charge is -2.18. The molecule has 1 unspecified atom stereocenters. The molecule has 0 spiro atoms. The molecule has 4 nitrogen and oxygen atoms in total. The number of carbonyl (C=O) groups is 1. The van der Waals surface area contributed by atoms with Gasteiger partial charge in [-0.25, -0.2) is 4.79 Å². The second-order valence-electron chi connectivity index (χ2n) is 3.66. The van der Waals surface area contributed by atoms with Crippen molar-refractivity contribution < 1.29 is 27.8 Å². The molecule has 0 fully saturated rings. The molecular weight excluding hydrogens is 287 g/mol. The molecular formula is C11H11ClF3NO3. The van der Waals surface area contributed by atoms with Gasteiger partial charge < -0.3 is 9.84 Å². The van der Waals surface area contributed by atoms with Crippen molar-refractivity contribution in [3.63, 3.8) is 0 Å². The van der Waals surface area contributed by atoms with Crippen LogP contribution in [0.2, 0.25) is 5.02 Å². The number of alkyl halides is 3. The molecule has 1 aromatic rings. The molecule has 0 aliphatic heterocycles. The van der Waals surface area contributed by atoms with E-state index in [-0.39, 0.29) is 16.3 Å². The fourth-order valence-corrected chi connectivity index (χ4v) is 1.56. The first-order valence-electron chi connectivity index (χ1n) is 5.11. The molecule has 0 saturated heterocycles. The molecule has 0 radical (unpaired) electrons. The second-order valence-corrected chi connectivity index (χ2v) is 4.07. The van der Waals surface area contributed by atoms with Gasteiger partial charge in [-0.15, -0.1) is 0 Å².